The van der Waals surface area contributed by atoms with Gasteiger partial charge in [0.25, 0.3) is 11.7 Å². The molecule has 0 fully saturated rings. The van der Waals surface area contributed by atoms with Crippen molar-refractivity contribution in [2.75, 3.05) is 0 Å². The maximum Gasteiger partial charge on any atom is 0.374 e. The highest BCUT2D eigenvalue weighted by atomic mass is 16.4. The third-order valence-electron chi connectivity index (χ3n) is 4.10. The van der Waals surface area contributed by atoms with Gasteiger partial charge in [0.1, 0.15) is 11.7 Å². The molecule has 28 heavy (non-hydrogen) atoms. The number of carbonyl (C=O) groups excluding carboxylic acids is 2. The third-order valence-corrected chi connectivity index (χ3v) is 4.10. The first-order valence-corrected chi connectivity index (χ1v) is 8.52. The van der Waals surface area contributed by atoms with Crippen LogP contribution in [-0.2, 0) is 23.1 Å². The van der Waals surface area contributed by atoms with Crippen LogP contribution in [0.3, 0.4) is 0 Å². The van der Waals surface area contributed by atoms with Crippen LogP contribution in [0, 0.1) is 0 Å². The second-order valence-electron chi connectivity index (χ2n) is 6.17. The molecule has 1 atom stereocenters. The summed E-state index contributed by atoms with van der Waals surface area (Å²) in [6, 6.07) is 12.9. The molecular weight excluding hydrogens is 360 g/mol. The largest absolute Gasteiger partial charge is 0.475 e. The van der Waals surface area contributed by atoms with E-state index in [9.17, 15) is 14.4 Å². The summed E-state index contributed by atoms with van der Waals surface area (Å²) in [6.45, 7) is 0. The van der Waals surface area contributed by atoms with Crippen molar-refractivity contribution < 1.29 is 19.5 Å². The van der Waals surface area contributed by atoms with E-state index in [-0.39, 0.29) is 12.0 Å². The van der Waals surface area contributed by atoms with E-state index in [1.807, 2.05) is 6.07 Å². The summed E-state index contributed by atoms with van der Waals surface area (Å²) in [5.74, 6) is -3.28. The molecule has 2 N–H and O–H groups in total. The number of nitrogens with zero attached hydrogens (tertiary/aromatic N) is 3. The number of Topliss-reactive ketones (excluding diaryl/α,β-unsaturated/α-hetero) is 1. The van der Waals surface area contributed by atoms with Crippen molar-refractivity contribution in [3.05, 3.63) is 72.1 Å². The Morgan fingerprint density at radius 1 is 1.11 bits per heavy atom. The molecule has 0 saturated heterocycles. The Balaban J connectivity index is 1.88. The van der Waals surface area contributed by atoms with Gasteiger partial charge in [-0.3, -0.25) is 19.3 Å². The summed E-state index contributed by atoms with van der Waals surface area (Å²) in [7, 11) is 1.66. The molecule has 3 rings (SSSR count). The number of pyridine rings is 1. The minimum Gasteiger partial charge on any atom is -0.475 e. The van der Waals surface area contributed by atoms with Gasteiger partial charge in [0.15, 0.2) is 0 Å². The van der Waals surface area contributed by atoms with E-state index < -0.39 is 23.7 Å². The average Bonchev–Trinajstić information content (AvgIpc) is 3.10. The van der Waals surface area contributed by atoms with E-state index in [0.717, 1.165) is 5.56 Å². The Bertz CT molecular complexity index is 1000. The van der Waals surface area contributed by atoms with Crippen molar-refractivity contribution in [3.63, 3.8) is 0 Å². The Kier molecular flexibility index (Phi) is 5.59. The fourth-order valence-corrected chi connectivity index (χ4v) is 2.79. The highest BCUT2D eigenvalue weighted by Crippen LogP contribution is 2.19. The number of aromatic nitrogens is 3. The van der Waals surface area contributed by atoms with Gasteiger partial charge in [0.2, 0.25) is 0 Å². The van der Waals surface area contributed by atoms with Crippen LogP contribution >= 0.6 is 0 Å². The number of carbonyl (C=O) groups is 3. The molecule has 1 amide bonds. The van der Waals surface area contributed by atoms with Gasteiger partial charge >= 0.3 is 5.97 Å². The number of hydrogen-bond donors (Lipinski definition) is 2. The predicted molar refractivity (Wildman–Crippen MR) is 100 cm³/mol. The van der Waals surface area contributed by atoms with E-state index in [1.165, 1.54) is 10.9 Å². The number of amides is 1. The molecule has 0 bridgehead atoms. The first kappa shape index (κ1) is 19.0. The van der Waals surface area contributed by atoms with Crippen LogP contribution in [0.2, 0.25) is 0 Å². The smallest absolute Gasteiger partial charge is 0.374 e. The molecule has 3 aromatic rings. The van der Waals surface area contributed by atoms with Crippen molar-refractivity contribution in [2.24, 2.45) is 7.05 Å². The minimum atomic E-state index is -1.60. The number of benzene rings is 1. The zero-order valence-corrected chi connectivity index (χ0v) is 15.1. The maximum atomic E-state index is 12.8. The zero-order chi connectivity index (χ0) is 20.1. The lowest BCUT2D eigenvalue weighted by Gasteiger charge is -2.16. The van der Waals surface area contributed by atoms with Crippen LogP contribution in [0.25, 0.3) is 11.4 Å². The Morgan fingerprint density at radius 3 is 2.46 bits per heavy atom. The Hall–Kier alpha value is -3.81. The lowest BCUT2D eigenvalue weighted by molar-refractivity contribution is -0.149. The van der Waals surface area contributed by atoms with Crippen molar-refractivity contribution in [3.8, 4) is 11.4 Å². The first-order valence-electron chi connectivity index (χ1n) is 8.52. The standard InChI is InChI=1S/C20H18N4O4/c1-24-12-14(17(23-24)15-9-5-6-10-21-15)19(26)22-16(18(25)20(27)28)11-13-7-3-2-4-8-13/h2-10,12,16H,11H2,1H3,(H,22,26)(H,27,28). The summed E-state index contributed by atoms with van der Waals surface area (Å²) < 4.78 is 1.46. The molecule has 0 aliphatic heterocycles. The van der Waals surface area contributed by atoms with Gasteiger partial charge in [-0.25, -0.2) is 4.79 Å². The van der Waals surface area contributed by atoms with E-state index in [4.69, 9.17) is 5.11 Å². The molecule has 0 radical (unpaired) electrons. The fraction of sp³-hybridized carbons (Fsp3) is 0.150. The molecule has 0 spiro atoms. The van der Waals surface area contributed by atoms with Crippen LogP contribution in [0.15, 0.2) is 60.9 Å². The second kappa shape index (κ2) is 8.26. The van der Waals surface area contributed by atoms with Crippen LogP contribution in [-0.4, -0.2) is 43.6 Å². The van der Waals surface area contributed by atoms with E-state index in [0.29, 0.717) is 11.4 Å². The lowest BCUT2D eigenvalue weighted by atomic mass is 10.0. The molecule has 142 valence electrons. The molecule has 0 aliphatic rings. The van der Waals surface area contributed by atoms with Gasteiger partial charge < -0.3 is 10.4 Å². The molecular formula is C20H18N4O4. The molecule has 8 heteroatoms. The summed E-state index contributed by atoms with van der Waals surface area (Å²) in [6.07, 6.45) is 3.15. The van der Waals surface area contributed by atoms with Gasteiger partial charge in [-0.2, -0.15) is 5.10 Å². The van der Waals surface area contributed by atoms with Crippen molar-refractivity contribution in [1.82, 2.24) is 20.1 Å². The topological polar surface area (TPSA) is 114 Å². The summed E-state index contributed by atoms with van der Waals surface area (Å²) >= 11 is 0. The second-order valence-corrected chi connectivity index (χ2v) is 6.17. The number of aliphatic carboxylic acids is 1. The molecule has 2 heterocycles. The number of carboxylic acids is 1. The molecule has 1 unspecified atom stereocenters. The monoisotopic (exact) mass is 378 g/mol. The first-order chi connectivity index (χ1) is 13.5. The van der Waals surface area contributed by atoms with Crippen LogP contribution in [0.1, 0.15) is 15.9 Å². The Morgan fingerprint density at radius 2 is 1.82 bits per heavy atom. The number of ketones is 1. The van der Waals surface area contributed by atoms with E-state index in [1.54, 1.807) is 55.7 Å². The van der Waals surface area contributed by atoms with Gasteiger partial charge in [0.05, 0.1) is 11.3 Å². The van der Waals surface area contributed by atoms with Crippen LogP contribution < -0.4 is 5.32 Å². The molecule has 1 aromatic carbocycles. The number of nitrogens with one attached hydrogen (secondary N) is 1. The van der Waals surface area contributed by atoms with Gasteiger partial charge in [-0.1, -0.05) is 36.4 Å². The Labute approximate surface area is 160 Å². The van der Waals surface area contributed by atoms with Crippen LogP contribution in [0.5, 0.6) is 0 Å². The quantitative estimate of drug-likeness (QED) is 0.602. The average molecular weight is 378 g/mol. The zero-order valence-electron chi connectivity index (χ0n) is 15.1. The predicted octanol–water partition coefficient (Wildman–Crippen LogP) is 1.48. The molecule has 0 aliphatic carbocycles. The van der Waals surface area contributed by atoms with Gasteiger partial charge in [-0.15, -0.1) is 0 Å². The van der Waals surface area contributed by atoms with Crippen molar-refractivity contribution >= 4 is 17.7 Å². The molecule has 2 aromatic heterocycles. The summed E-state index contributed by atoms with van der Waals surface area (Å²) in [4.78, 5) is 40.4. The molecule has 8 nitrogen and oxygen atoms in total. The van der Waals surface area contributed by atoms with E-state index >= 15 is 0 Å². The maximum absolute atomic E-state index is 12.8. The van der Waals surface area contributed by atoms with E-state index in [2.05, 4.69) is 15.4 Å². The van der Waals surface area contributed by atoms with Crippen molar-refractivity contribution in [1.29, 1.82) is 0 Å². The lowest BCUT2D eigenvalue weighted by Crippen LogP contribution is -2.45. The normalized spacial score (nSPS) is 11.6. The highest BCUT2D eigenvalue weighted by molar-refractivity contribution is 6.35. The van der Waals surface area contributed by atoms with Crippen molar-refractivity contribution in [2.45, 2.75) is 12.5 Å². The summed E-state index contributed by atoms with van der Waals surface area (Å²) in [5.41, 5.74) is 1.79. The van der Waals surface area contributed by atoms with Gasteiger partial charge in [0, 0.05) is 25.9 Å². The highest BCUT2D eigenvalue weighted by Gasteiger charge is 2.29. The number of hydrogen-bond acceptors (Lipinski definition) is 5. The number of aryl methyl sites for hydroxylation is 1. The fourth-order valence-electron chi connectivity index (χ4n) is 2.79. The number of carboxylic acid groups (broad SMARTS) is 1. The van der Waals surface area contributed by atoms with Gasteiger partial charge in [-0.05, 0) is 17.7 Å². The minimum absolute atomic E-state index is 0.0664. The molecule has 0 saturated carbocycles. The number of rotatable bonds is 7. The SMILES string of the molecule is Cn1cc(C(=O)NC(Cc2ccccc2)C(=O)C(=O)O)c(-c2ccccn2)n1. The van der Waals surface area contributed by atoms with Crippen LogP contribution in [0.4, 0.5) is 0 Å². The third kappa shape index (κ3) is 4.29. The summed E-state index contributed by atoms with van der Waals surface area (Å²) in [5, 5.41) is 15.9.